The molecule has 0 amide bonds. The van der Waals surface area contributed by atoms with Crippen LogP contribution < -0.4 is 5.32 Å². The summed E-state index contributed by atoms with van der Waals surface area (Å²) in [5.41, 5.74) is 2.17. The molecular weight excluding hydrogens is 258 g/mol. The molecule has 0 heterocycles. The highest BCUT2D eigenvalue weighted by Crippen LogP contribution is 2.34. The van der Waals surface area contributed by atoms with Gasteiger partial charge in [0.15, 0.2) is 0 Å². The number of hydrogen-bond donors (Lipinski definition) is 1. The second kappa shape index (κ2) is 6.71. The fraction of sp³-hybridized carbons (Fsp3) is 0.250. The van der Waals surface area contributed by atoms with E-state index in [0.717, 1.165) is 16.1 Å². The molecule has 0 saturated carbocycles. The second-order valence-electron chi connectivity index (χ2n) is 4.35. The molecule has 1 N–H and O–H groups in total. The number of methoxy groups -OCH3 is 1. The van der Waals surface area contributed by atoms with Gasteiger partial charge in [-0.3, -0.25) is 0 Å². The van der Waals surface area contributed by atoms with Gasteiger partial charge in [0.1, 0.15) is 6.10 Å². The summed E-state index contributed by atoms with van der Waals surface area (Å²) in [5, 5.41) is 4.05. The Balaban J connectivity index is 2.38. The first-order valence-electron chi connectivity index (χ1n) is 6.27. The van der Waals surface area contributed by atoms with Crippen molar-refractivity contribution in [2.24, 2.45) is 0 Å². The number of benzene rings is 2. The fourth-order valence-corrected chi connectivity index (χ4v) is 2.56. The number of likely N-dealkylation sites (N-methyl/N-ethyl adjacent to an activating group) is 1. The van der Waals surface area contributed by atoms with Crippen molar-refractivity contribution in [1.82, 2.24) is 5.32 Å². The zero-order valence-electron chi connectivity index (χ0n) is 11.1. The number of halogens is 1. The van der Waals surface area contributed by atoms with Crippen LogP contribution in [0.5, 0.6) is 0 Å². The van der Waals surface area contributed by atoms with Crippen LogP contribution in [0.2, 0.25) is 5.02 Å². The van der Waals surface area contributed by atoms with Crippen LogP contribution in [0, 0.1) is 0 Å². The molecule has 0 aliphatic heterocycles. The highest BCUT2D eigenvalue weighted by Gasteiger charge is 2.24. The Morgan fingerprint density at radius 1 is 1.00 bits per heavy atom. The number of nitrogens with one attached hydrogen (secondary N) is 1. The first-order valence-corrected chi connectivity index (χ1v) is 6.65. The zero-order chi connectivity index (χ0) is 13.7. The Hall–Kier alpha value is -1.35. The van der Waals surface area contributed by atoms with E-state index in [1.54, 1.807) is 7.11 Å². The van der Waals surface area contributed by atoms with Crippen LogP contribution in [0.3, 0.4) is 0 Å². The largest absolute Gasteiger partial charge is 0.375 e. The van der Waals surface area contributed by atoms with Crippen LogP contribution >= 0.6 is 11.6 Å². The van der Waals surface area contributed by atoms with E-state index in [1.807, 2.05) is 49.5 Å². The average Bonchev–Trinajstić information content (AvgIpc) is 2.46. The summed E-state index contributed by atoms with van der Waals surface area (Å²) in [6.45, 7) is 0. The van der Waals surface area contributed by atoms with E-state index >= 15 is 0 Å². The van der Waals surface area contributed by atoms with Crippen LogP contribution in [0.1, 0.15) is 23.3 Å². The first-order chi connectivity index (χ1) is 9.27. The van der Waals surface area contributed by atoms with Gasteiger partial charge in [0, 0.05) is 12.1 Å². The maximum Gasteiger partial charge on any atom is 0.102 e. The van der Waals surface area contributed by atoms with Crippen molar-refractivity contribution in [3.63, 3.8) is 0 Å². The highest BCUT2D eigenvalue weighted by atomic mass is 35.5. The Morgan fingerprint density at radius 2 is 1.63 bits per heavy atom. The van der Waals surface area contributed by atoms with E-state index in [0.29, 0.717) is 0 Å². The van der Waals surface area contributed by atoms with Crippen LogP contribution in [-0.2, 0) is 4.74 Å². The molecule has 0 aliphatic carbocycles. The molecule has 0 saturated heterocycles. The molecule has 0 aromatic heterocycles. The zero-order valence-corrected chi connectivity index (χ0v) is 11.9. The topological polar surface area (TPSA) is 21.3 Å². The molecule has 2 rings (SSSR count). The standard InChI is InChI=1S/C16H18ClNO/c1-18-15(13-10-6-7-11-14(13)17)16(19-2)12-8-4-3-5-9-12/h3-11,15-16,18H,1-2H3. The SMILES string of the molecule is CNC(c1ccccc1Cl)C(OC)c1ccccc1. The predicted molar refractivity (Wildman–Crippen MR) is 79.4 cm³/mol. The molecule has 2 aromatic carbocycles. The molecule has 0 aliphatic rings. The molecule has 3 heteroatoms. The van der Waals surface area contributed by atoms with E-state index in [2.05, 4.69) is 17.4 Å². The molecule has 0 radical (unpaired) electrons. The fourth-order valence-electron chi connectivity index (χ4n) is 2.30. The number of ether oxygens (including phenoxy) is 1. The Labute approximate surface area is 119 Å². The van der Waals surface area contributed by atoms with Gasteiger partial charge in [0.2, 0.25) is 0 Å². The summed E-state index contributed by atoms with van der Waals surface area (Å²) in [5.74, 6) is 0. The minimum absolute atomic E-state index is 0.0149. The van der Waals surface area contributed by atoms with Crippen LogP contribution in [0.25, 0.3) is 0 Å². The lowest BCUT2D eigenvalue weighted by Crippen LogP contribution is -2.25. The van der Waals surface area contributed by atoms with Crippen LogP contribution in [-0.4, -0.2) is 14.2 Å². The summed E-state index contributed by atoms with van der Waals surface area (Å²) in [6.07, 6.45) is -0.0777. The molecule has 0 bridgehead atoms. The van der Waals surface area contributed by atoms with Crippen molar-refractivity contribution >= 4 is 11.6 Å². The molecule has 0 spiro atoms. The van der Waals surface area contributed by atoms with Crippen molar-refractivity contribution in [2.75, 3.05) is 14.2 Å². The quantitative estimate of drug-likeness (QED) is 0.891. The van der Waals surface area contributed by atoms with E-state index in [-0.39, 0.29) is 12.1 Å². The summed E-state index contributed by atoms with van der Waals surface area (Å²) >= 11 is 6.29. The lowest BCUT2D eigenvalue weighted by molar-refractivity contribution is 0.0702. The number of rotatable bonds is 5. The van der Waals surface area contributed by atoms with Gasteiger partial charge in [-0.25, -0.2) is 0 Å². The van der Waals surface area contributed by atoms with Gasteiger partial charge >= 0.3 is 0 Å². The van der Waals surface area contributed by atoms with E-state index in [4.69, 9.17) is 16.3 Å². The molecule has 100 valence electrons. The predicted octanol–water partition coefficient (Wildman–Crippen LogP) is 3.99. The van der Waals surface area contributed by atoms with Crippen LogP contribution in [0.15, 0.2) is 54.6 Å². The van der Waals surface area contributed by atoms with Crippen molar-refractivity contribution in [2.45, 2.75) is 12.1 Å². The third-order valence-corrected chi connectivity index (χ3v) is 3.58. The monoisotopic (exact) mass is 275 g/mol. The van der Waals surface area contributed by atoms with E-state index in [9.17, 15) is 0 Å². The molecular formula is C16H18ClNO. The smallest absolute Gasteiger partial charge is 0.102 e. The van der Waals surface area contributed by atoms with Gasteiger partial charge in [-0.1, -0.05) is 60.1 Å². The van der Waals surface area contributed by atoms with Crippen molar-refractivity contribution < 1.29 is 4.74 Å². The van der Waals surface area contributed by atoms with Gasteiger partial charge in [-0.15, -0.1) is 0 Å². The van der Waals surface area contributed by atoms with Crippen molar-refractivity contribution in [3.8, 4) is 0 Å². The third-order valence-electron chi connectivity index (χ3n) is 3.24. The Morgan fingerprint density at radius 3 is 2.21 bits per heavy atom. The van der Waals surface area contributed by atoms with E-state index in [1.165, 1.54) is 0 Å². The van der Waals surface area contributed by atoms with Gasteiger partial charge in [0.25, 0.3) is 0 Å². The lowest BCUT2D eigenvalue weighted by Gasteiger charge is -2.27. The summed E-state index contributed by atoms with van der Waals surface area (Å²) in [7, 11) is 3.64. The summed E-state index contributed by atoms with van der Waals surface area (Å²) < 4.78 is 5.68. The van der Waals surface area contributed by atoms with Gasteiger partial charge in [0.05, 0.1) is 6.04 Å². The molecule has 2 nitrogen and oxygen atoms in total. The molecule has 19 heavy (non-hydrogen) atoms. The lowest BCUT2D eigenvalue weighted by atomic mass is 9.95. The second-order valence-corrected chi connectivity index (χ2v) is 4.76. The van der Waals surface area contributed by atoms with E-state index < -0.39 is 0 Å². The third kappa shape index (κ3) is 3.16. The summed E-state index contributed by atoms with van der Waals surface area (Å²) in [4.78, 5) is 0. The van der Waals surface area contributed by atoms with Gasteiger partial charge < -0.3 is 10.1 Å². The van der Waals surface area contributed by atoms with Gasteiger partial charge in [-0.05, 0) is 24.2 Å². The number of hydrogen-bond acceptors (Lipinski definition) is 2. The maximum absolute atomic E-state index is 6.29. The Bertz CT molecular complexity index is 515. The highest BCUT2D eigenvalue weighted by molar-refractivity contribution is 6.31. The average molecular weight is 276 g/mol. The summed E-state index contributed by atoms with van der Waals surface area (Å²) in [6, 6.07) is 18.0. The molecule has 0 fully saturated rings. The maximum atomic E-state index is 6.29. The molecule has 2 aromatic rings. The first kappa shape index (κ1) is 14.1. The molecule has 2 unspecified atom stereocenters. The van der Waals surface area contributed by atoms with Crippen molar-refractivity contribution in [1.29, 1.82) is 0 Å². The van der Waals surface area contributed by atoms with Crippen molar-refractivity contribution in [3.05, 3.63) is 70.7 Å². The van der Waals surface area contributed by atoms with Gasteiger partial charge in [-0.2, -0.15) is 0 Å². The minimum atomic E-state index is -0.0777. The van der Waals surface area contributed by atoms with Crippen LogP contribution in [0.4, 0.5) is 0 Å². The normalized spacial score (nSPS) is 14.1. The minimum Gasteiger partial charge on any atom is -0.375 e. The molecule has 2 atom stereocenters. The Kier molecular flexibility index (Phi) is 4.97.